The highest BCUT2D eigenvalue weighted by molar-refractivity contribution is 9.10. The van der Waals surface area contributed by atoms with Crippen molar-refractivity contribution in [3.05, 3.63) is 59.1 Å². The summed E-state index contributed by atoms with van der Waals surface area (Å²) in [5, 5.41) is 5.70. The van der Waals surface area contributed by atoms with Crippen molar-refractivity contribution in [3.63, 3.8) is 0 Å². The average molecular weight is 328 g/mol. The van der Waals surface area contributed by atoms with Crippen LogP contribution in [0, 0.1) is 0 Å². The van der Waals surface area contributed by atoms with Gasteiger partial charge in [0.2, 0.25) is 0 Å². The molecule has 0 atom stereocenters. The summed E-state index contributed by atoms with van der Waals surface area (Å²) < 4.78 is 1.08. The first-order valence-electron chi connectivity index (χ1n) is 6.24. The molecule has 100 valence electrons. The summed E-state index contributed by atoms with van der Waals surface area (Å²) in [5.74, 6) is 0. The van der Waals surface area contributed by atoms with E-state index in [0.29, 0.717) is 11.4 Å². The molecule has 3 aromatic rings. The minimum Gasteiger partial charge on any atom is -0.397 e. The number of hydrogen-bond acceptors (Lipinski definition) is 3. The summed E-state index contributed by atoms with van der Waals surface area (Å²) in [5.41, 5.74) is 14.7. The van der Waals surface area contributed by atoms with Crippen LogP contribution in [0.5, 0.6) is 0 Å². The zero-order valence-electron chi connectivity index (χ0n) is 10.7. The zero-order chi connectivity index (χ0) is 14.1. The van der Waals surface area contributed by atoms with Crippen molar-refractivity contribution >= 4 is 49.5 Å². The maximum Gasteiger partial charge on any atom is 0.0568 e. The Bertz CT molecular complexity index is 784. The van der Waals surface area contributed by atoms with E-state index in [1.165, 1.54) is 5.39 Å². The van der Waals surface area contributed by atoms with E-state index in [0.717, 1.165) is 21.2 Å². The van der Waals surface area contributed by atoms with Gasteiger partial charge in [-0.3, -0.25) is 0 Å². The molecule has 3 nitrogen and oxygen atoms in total. The lowest BCUT2D eigenvalue weighted by Crippen LogP contribution is -1.97. The first kappa shape index (κ1) is 12.8. The number of nitrogens with two attached hydrogens (primary N) is 2. The van der Waals surface area contributed by atoms with Gasteiger partial charge in [0.1, 0.15) is 0 Å². The summed E-state index contributed by atoms with van der Waals surface area (Å²) in [7, 11) is 0. The molecule has 0 radical (unpaired) electrons. The Kier molecular flexibility index (Phi) is 3.24. The number of benzene rings is 3. The van der Waals surface area contributed by atoms with Crippen molar-refractivity contribution in [2.75, 3.05) is 16.8 Å². The van der Waals surface area contributed by atoms with Crippen LogP contribution in [0.15, 0.2) is 59.1 Å². The summed E-state index contributed by atoms with van der Waals surface area (Å²) in [4.78, 5) is 0. The first-order valence-corrected chi connectivity index (χ1v) is 7.04. The van der Waals surface area contributed by atoms with E-state index in [-0.39, 0.29) is 0 Å². The molecular formula is C16H14BrN3. The third-order valence-corrected chi connectivity index (χ3v) is 3.93. The van der Waals surface area contributed by atoms with Crippen molar-refractivity contribution in [2.45, 2.75) is 0 Å². The fourth-order valence-corrected chi connectivity index (χ4v) is 2.66. The fraction of sp³-hybridized carbons (Fsp3) is 0. The Labute approximate surface area is 125 Å². The lowest BCUT2D eigenvalue weighted by atomic mass is 10.1. The third kappa shape index (κ3) is 2.30. The van der Waals surface area contributed by atoms with Crippen LogP contribution in [-0.4, -0.2) is 0 Å². The van der Waals surface area contributed by atoms with Crippen LogP contribution in [0.1, 0.15) is 0 Å². The topological polar surface area (TPSA) is 64.1 Å². The molecule has 0 bridgehead atoms. The summed E-state index contributed by atoms with van der Waals surface area (Å²) >= 11 is 3.57. The Morgan fingerprint density at radius 2 is 1.55 bits per heavy atom. The van der Waals surface area contributed by atoms with E-state index in [1.54, 1.807) is 6.07 Å². The van der Waals surface area contributed by atoms with Gasteiger partial charge < -0.3 is 16.8 Å². The summed E-state index contributed by atoms with van der Waals surface area (Å²) in [6, 6.07) is 17.9. The van der Waals surface area contributed by atoms with Crippen molar-refractivity contribution in [1.82, 2.24) is 0 Å². The standard InChI is InChI=1S/C16H14BrN3/c17-13-6-8-16(12-4-2-1-3-11(12)13)20-10-5-7-14(18)15(19)9-10/h1-9,20H,18-19H2. The summed E-state index contributed by atoms with van der Waals surface area (Å²) in [6.45, 7) is 0. The minimum absolute atomic E-state index is 0.580. The van der Waals surface area contributed by atoms with E-state index >= 15 is 0 Å². The molecule has 0 amide bonds. The van der Waals surface area contributed by atoms with Gasteiger partial charge in [-0.2, -0.15) is 0 Å². The van der Waals surface area contributed by atoms with Crippen molar-refractivity contribution < 1.29 is 0 Å². The molecule has 0 saturated carbocycles. The Hall–Kier alpha value is -2.20. The second-order valence-corrected chi connectivity index (χ2v) is 5.46. The van der Waals surface area contributed by atoms with Gasteiger partial charge in [0.15, 0.2) is 0 Å². The van der Waals surface area contributed by atoms with Gasteiger partial charge in [0, 0.05) is 21.2 Å². The van der Waals surface area contributed by atoms with Crippen LogP contribution in [0.2, 0.25) is 0 Å². The first-order chi connectivity index (χ1) is 9.65. The number of rotatable bonds is 2. The largest absolute Gasteiger partial charge is 0.397 e. The maximum atomic E-state index is 5.84. The van der Waals surface area contributed by atoms with Crippen LogP contribution >= 0.6 is 15.9 Å². The van der Waals surface area contributed by atoms with Crippen molar-refractivity contribution in [1.29, 1.82) is 0 Å². The Morgan fingerprint density at radius 3 is 2.30 bits per heavy atom. The van der Waals surface area contributed by atoms with Gasteiger partial charge in [0.05, 0.1) is 11.4 Å². The van der Waals surface area contributed by atoms with Gasteiger partial charge in [-0.15, -0.1) is 0 Å². The van der Waals surface area contributed by atoms with Crippen LogP contribution in [0.4, 0.5) is 22.7 Å². The van der Waals surface area contributed by atoms with E-state index in [4.69, 9.17) is 11.5 Å². The molecule has 0 aromatic heterocycles. The molecule has 0 heterocycles. The van der Waals surface area contributed by atoms with Crippen molar-refractivity contribution in [3.8, 4) is 0 Å². The van der Waals surface area contributed by atoms with E-state index in [9.17, 15) is 0 Å². The summed E-state index contributed by atoms with van der Waals surface area (Å²) in [6.07, 6.45) is 0. The smallest absolute Gasteiger partial charge is 0.0568 e. The molecule has 0 aliphatic heterocycles. The van der Waals surface area contributed by atoms with Crippen LogP contribution in [0.25, 0.3) is 10.8 Å². The van der Waals surface area contributed by atoms with E-state index in [2.05, 4.69) is 33.4 Å². The average Bonchev–Trinajstić information content (AvgIpc) is 2.46. The monoisotopic (exact) mass is 327 g/mol. The Morgan fingerprint density at radius 1 is 0.800 bits per heavy atom. The van der Waals surface area contributed by atoms with E-state index < -0.39 is 0 Å². The highest BCUT2D eigenvalue weighted by Gasteiger charge is 2.05. The number of hydrogen-bond donors (Lipinski definition) is 3. The van der Waals surface area contributed by atoms with Gasteiger partial charge >= 0.3 is 0 Å². The lowest BCUT2D eigenvalue weighted by molar-refractivity contribution is 1.56. The molecular weight excluding hydrogens is 314 g/mol. The minimum atomic E-state index is 0.580. The van der Waals surface area contributed by atoms with Gasteiger partial charge in [-0.1, -0.05) is 40.2 Å². The molecule has 4 heteroatoms. The predicted molar refractivity (Wildman–Crippen MR) is 90.2 cm³/mol. The van der Waals surface area contributed by atoms with Gasteiger partial charge in [-0.25, -0.2) is 0 Å². The number of anilines is 4. The molecule has 0 aliphatic rings. The van der Waals surface area contributed by atoms with Crippen molar-refractivity contribution in [2.24, 2.45) is 0 Å². The highest BCUT2D eigenvalue weighted by atomic mass is 79.9. The fourth-order valence-electron chi connectivity index (χ4n) is 2.18. The Balaban J connectivity index is 2.06. The number of nitrogens with one attached hydrogen (secondary N) is 1. The number of nitrogen functional groups attached to an aromatic ring is 2. The molecule has 0 aliphatic carbocycles. The van der Waals surface area contributed by atoms with Crippen LogP contribution in [-0.2, 0) is 0 Å². The second-order valence-electron chi connectivity index (χ2n) is 4.61. The molecule has 0 saturated heterocycles. The molecule has 3 rings (SSSR count). The van der Waals surface area contributed by atoms with Gasteiger partial charge in [0.25, 0.3) is 0 Å². The molecule has 0 fully saturated rings. The van der Waals surface area contributed by atoms with Crippen LogP contribution < -0.4 is 16.8 Å². The number of fused-ring (bicyclic) bond motifs is 1. The molecule has 3 aromatic carbocycles. The molecule has 0 unspecified atom stereocenters. The van der Waals surface area contributed by atoms with E-state index in [1.807, 2.05) is 36.4 Å². The molecule has 5 N–H and O–H groups in total. The molecule has 20 heavy (non-hydrogen) atoms. The highest BCUT2D eigenvalue weighted by Crippen LogP contribution is 2.32. The zero-order valence-corrected chi connectivity index (χ0v) is 12.3. The quantitative estimate of drug-likeness (QED) is 0.607. The van der Waals surface area contributed by atoms with Crippen LogP contribution in [0.3, 0.4) is 0 Å². The van der Waals surface area contributed by atoms with Gasteiger partial charge in [-0.05, 0) is 35.7 Å². The predicted octanol–water partition coefficient (Wildman–Crippen LogP) is 4.51. The maximum absolute atomic E-state index is 5.84. The number of halogens is 1. The second kappa shape index (κ2) is 5.06. The molecule has 0 spiro atoms. The normalized spacial score (nSPS) is 10.7. The third-order valence-electron chi connectivity index (χ3n) is 3.24. The SMILES string of the molecule is Nc1ccc(Nc2ccc(Br)c3ccccc23)cc1N. The lowest BCUT2D eigenvalue weighted by Gasteiger charge is -2.12.